The molecule has 0 saturated carbocycles. The summed E-state index contributed by atoms with van der Waals surface area (Å²) < 4.78 is 11.8. The zero-order chi connectivity index (χ0) is 20.8. The predicted molar refractivity (Wildman–Crippen MR) is 118 cm³/mol. The monoisotopic (exact) mass is 423 g/mol. The minimum atomic E-state index is -0.154. The molecule has 4 unspecified atom stereocenters. The summed E-state index contributed by atoms with van der Waals surface area (Å²) >= 11 is 0. The van der Waals surface area contributed by atoms with Crippen LogP contribution in [0.3, 0.4) is 0 Å². The van der Waals surface area contributed by atoms with Gasteiger partial charge in [-0.15, -0.1) is 0 Å². The number of amides is 2. The Morgan fingerprint density at radius 2 is 2.03 bits per heavy atom. The number of likely N-dealkylation sites (tertiary alicyclic amines) is 1. The number of urea groups is 1. The van der Waals surface area contributed by atoms with Crippen molar-refractivity contribution in [3.05, 3.63) is 35.9 Å². The highest BCUT2D eigenvalue weighted by atomic mass is 16.6. The number of carbonyl (C=O) groups is 1. The first-order valence-electron chi connectivity index (χ1n) is 12.1. The van der Waals surface area contributed by atoms with E-state index in [0.717, 1.165) is 43.5 Å². The first-order valence-corrected chi connectivity index (χ1v) is 12.1. The minimum absolute atomic E-state index is 0.0530. The zero-order valence-electron chi connectivity index (χ0n) is 18.2. The number of hydrogen-bond donors (Lipinski definition) is 1. The molecule has 3 fully saturated rings. The van der Waals surface area contributed by atoms with Crippen LogP contribution in [0.25, 0.3) is 0 Å². The molecule has 5 aliphatic rings. The molecule has 166 valence electrons. The van der Waals surface area contributed by atoms with Crippen molar-refractivity contribution >= 4 is 6.03 Å². The van der Waals surface area contributed by atoms with Crippen LogP contribution in [0.4, 0.5) is 4.79 Å². The summed E-state index contributed by atoms with van der Waals surface area (Å²) in [5, 5.41) is 3.16. The fourth-order valence-electron chi connectivity index (χ4n) is 6.67. The molecule has 4 heterocycles. The number of fused-ring (bicyclic) bond motifs is 7. The number of carbonyl (C=O) groups excluding carboxylic acids is 1. The summed E-state index contributed by atoms with van der Waals surface area (Å²) in [4.78, 5) is 18.1. The number of piperidine rings is 3. The van der Waals surface area contributed by atoms with Gasteiger partial charge in [0.1, 0.15) is 6.61 Å². The average molecular weight is 424 g/mol. The van der Waals surface area contributed by atoms with Crippen molar-refractivity contribution < 1.29 is 14.3 Å². The summed E-state index contributed by atoms with van der Waals surface area (Å²) in [7, 11) is 0. The van der Waals surface area contributed by atoms with Crippen LogP contribution in [-0.2, 0) is 0 Å². The van der Waals surface area contributed by atoms with Crippen molar-refractivity contribution in [2.24, 2.45) is 11.8 Å². The highest BCUT2D eigenvalue weighted by Crippen LogP contribution is 2.45. The fraction of sp³-hybridized carbons (Fsp3) is 0.640. The molecule has 5 atom stereocenters. The van der Waals surface area contributed by atoms with Crippen molar-refractivity contribution in [2.45, 2.75) is 56.7 Å². The zero-order valence-corrected chi connectivity index (χ0v) is 18.2. The number of para-hydroxylation sites is 2. The van der Waals surface area contributed by atoms with Crippen molar-refractivity contribution in [3.8, 4) is 11.5 Å². The molecule has 1 aliphatic carbocycles. The third-order valence-electron chi connectivity index (χ3n) is 7.97. The van der Waals surface area contributed by atoms with Gasteiger partial charge in [-0.2, -0.15) is 0 Å². The highest BCUT2D eigenvalue weighted by Gasteiger charge is 2.47. The number of benzene rings is 1. The van der Waals surface area contributed by atoms with Crippen LogP contribution in [0.15, 0.2) is 35.9 Å². The second kappa shape index (κ2) is 8.05. The van der Waals surface area contributed by atoms with Gasteiger partial charge in [0.25, 0.3) is 0 Å². The van der Waals surface area contributed by atoms with E-state index in [9.17, 15) is 4.79 Å². The van der Waals surface area contributed by atoms with Gasteiger partial charge in [0.15, 0.2) is 17.6 Å². The Labute approximate surface area is 184 Å². The van der Waals surface area contributed by atoms with Crippen LogP contribution >= 0.6 is 0 Å². The van der Waals surface area contributed by atoms with Gasteiger partial charge in [-0.05, 0) is 62.6 Å². The lowest BCUT2D eigenvalue weighted by atomic mass is 9.68. The topological polar surface area (TPSA) is 54.0 Å². The molecule has 6 rings (SSSR count). The Balaban J connectivity index is 1.13. The number of nitrogens with zero attached hydrogens (tertiary/aromatic N) is 2. The number of hydrogen-bond acceptors (Lipinski definition) is 4. The average Bonchev–Trinajstić information content (AvgIpc) is 2.82. The highest BCUT2D eigenvalue weighted by molar-refractivity contribution is 5.75. The van der Waals surface area contributed by atoms with E-state index in [1.165, 1.54) is 37.8 Å². The lowest BCUT2D eigenvalue weighted by Gasteiger charge is -2.54. The van der Waals surface area contributed by atoms with Gasteiger partial charge in [-0.25, -0.2) is 4.79 Å². The van der Waals surface area contributed by atoms with Gasteiger partial charge >= 0.3 is 6.03 Å². The SMILES string of the molecule is O=C(NCC1COc2ccccc2O1)N1CCCC2=CC3C[C@@H](CN4CCCCC34)C21. The molecule has 3 saturated heterocycles. The molecule has 6 heteroatoms. The molecular weight excluding hydrogens is 390 g/mol. The van der Waals surface area contributed by atoms with Crippen LogP contribution in [0.1, 0.15) is 38.5 Å². The first-order chi connectivity index (χ1) is 15.3. The molecule has 0 spiro atoms. The van der Waals surface area contributed by atoms with E-state index in [2.05, 4.69) is 21.2 Å². The lowest BCUT2D eigenvalue weighted by molar-refractivity contribution is 0.00747. The van der Waals surface area contributed by atoms with E-state index in [4.69, 9.17) is 9.47 Å². The number of ether oxygens (including phenoxy) is 2. The van der Waals surface area contributed by atoms with Crippen LogP contribution < -0.4 is 14.8 Å². The van der Waals surface area contributed by atoms with E-state index in [1.54, 1.807) is 0 Å². The summed E-state index contributed by atoms with van der Waals surface area (Å²) in [5.41, 5.74) is 1.53. The largest absolute Gasteiger partial charge is 0.486 e. The summed E-state index contributed by atoms with van der Waals surface area (Å²) in [6, 6.07) is 8.79. The van der Waals surface area contributed by atoms with Crippen LogP contribution in [0.5, 0.6) is 11.5 Å². The Bertz CT molecular complexity index is 871. The van der Waals surface area contributed by atoms with Crippen molar-refractivity contribution in [3.63, 3.8) is 0 Å². The van der Waals surface area contributed by atoms with Gasteiger partial charge < -0.3 is 19.7 Å². The maximum Gasteiger partial charge on any atom is 0.318 e. The Kier molecular flexibility index (Phi) is 5.05. The van der Waals surface area contributed by atoms with Gasteiger partial charge in [0, 0.05) is 19.1 Å². The number of nitrogens with one attached hydrogen (secondary N) is 1. The molecule has 0 radical (unpaired) electrons. The maximum atomic E-state index is 13.3. The van der Waals surface area contributed by atoms with Gasteiger partial charge in [-0.1, -0.05) is 30.2 Å². The Morgan fingerprint density at radius 1 is 1.13 bits per heavy atom. The van der Waals surface area contributed by atoms with Gasteiger partial charge in [0.05, 0.1) is 12.6 Å². The van der Waals surface area contributed by atoms with Gasteiger partial charge in [-0.3, -0.25) is 4.90 Å². The first kappa shape index (κ1) is 19.5. The lowest BCUT2D eigenvalue weighted by Crippen LogP contribution is -2.61. The van der Waals surface area contributed by atoms with Crippen molar-refractivity contribution in [1.82, 2.24) is 15.1 Å². The van der Waals surface area contributed by atoms with E-state index in [-0.39, 0.29) is 18.2 Å². The van der Waals surface area contributed by atoms with Crippen molar-refractivity contribution in [1.29, 1.82) is 0 Å². The van der Waals surface area contributed by atoms with E-state index < -0.39 is 0 Å². The van der Waals surface area contributed by atoms with Crippen LogP contribution in [0, 0.1) is 11.8 Å². The molecular formula is C25H33N3O3. The molecule has 31 heavy (non-hydrogen) atoms. The third-order valence-corrected chi connectivity index (χ3v) is 7.97. The quantitative estimate of drug-likeness (QED) is 0.741. The second-order valence-corrected chi connectivity index (χ2v) is 9.88. The molecule has 1 N–H and O–H groups in total. The molecule has 1 aromatic carbocycles. The third kappa shape index (κ3) is 3.59. The summed E-state index contributed by atoms with van der Waals surface area (Å²) in [6.07, 6.45) is 9.94. The van der Waals surface area contributed by atoms with E-state index in [1.807, 2.05) is 24.3 Å². The Morgan fingerprint density at radius 3 is 2.97 bits per heavy atom. The maximum absolute atomic E-state index is 13.3. The molecule has 6 nitrogen and oxygen atoms in total. The number of rotatable bonds is 2. The minimum Gasteiger partial charge on any atom is -0.486 e. The van der Waals surface area contributed by atoms with E-state index in [0.29, 0.717) is 25.0 Å². The second-order valence-electron chi connectivity index (χ2n) is 9.88. The van der Waals surface area contributed by atoms with Gasteiger partial charge in [0.2, 0.25) is 0 Å². The fourth-order valence-corrected chi connectivity index (χ4v) is 6.67. The summed E-state index contributed by atoms with van der Waals surface area (Å²) in [5.74, 6) is 2.81. The molecule has 4 aliphatic heterocycles. The molecule has 2 amide bonds. The normalized spacial score (nSPS) is 34.3. The molecule has 2 bridgehead atoms. The van der Waals surface area contributed by atoms with Crippen LogP contribution in [-0.4, -0.2) is 66.8 Å². The molecule has 1 aromatic rings. The predicted octanol–water partition coefficient (Wildman–Crippen LogP) is 3.43. The molecule has 0 aromatic heterocycles. The standard InChI is InChI=1S/C25H33N3O3/c29-25(26-14-20-16-30-22-8-1-2-9-23(22)31-20)28-11-5-6-17-12-18-13-19(24(17)28)15-27-10-4-3-7-21(18)27/h1-2,8-9,12,18-21,24H,3-7,10-11,13-16H2,(H,26,29)/t18?,19-,20?,21?,24?/m0/s1. The van der Waals surface area contributed by atoms with Crippen molar-refractivity contribution in [2.75, 3.05) is 32.8 Å². The summed E-state index contributed by atoms with van der Waals surface area (Å²) in [6.45, 7) is 4.18. The van der Waals surface area contributed by atoms with E-state index >= 15 is 0 Å². The Hall–Kier alpha value is -2.21. The van der Waals surface area contributed by atoms with Crippen LogP contribution in [0.2, 0.25) is 0 Å². The smallest absolute Gasteiger partial charge is 0.318 e.